The van der Waals surface area contributed by atoms with E-state index in [1.807, 2.05) is 21.1 Å². The number of aliphatic hydroxyl groups excluding tert-OH is 1. The average Bonchev–Trinajstić information content (AvgIpc) is 1.62. The van der Waals surface area contributed by atoms with Crippen molar-refractivity contribution in [2.45, 2.75) is 6.10 Å². The molecule has 0 bridgehead atoms. The van der Waals surface area contributed by atoms with E-state index in [1.165, 1.54) is 0 Å². The van der Waals surface area contributed by atoms with Gasteiger partial charge in [-0.25, -0.2) is 0 Å². The first kappa shape index (κ1) is 9.21. The fourth-order valence-corrected chi connectivity index (χ4v) is 0.779. The molecule has 0 saturated heterocycles. The molecule has 2 nitrogen and oxygen atoms in total. The van der Waals surface area contributed by atoms with E-state index in [-0.39, 0.29) is 6.10 Å². The highest BCUT2D eigenvalue weighted by Crippen LogP contribution is 1.95. The van der Waals surface area contributed by atoms with Crippen molar-refractivity contribution in [3.8, 4) is 0 Å². The summed E-state index contributed by atoms with van der Waals surface area (Å²) < 4.78 is 0.758. The van der Waals surface area contributed by atoms with Crippen molar-refractivity contribution in [2.24, 2.45) is 0 Å². The molecule has 0 heterocycles. The van der Waals surface area contributed by atoms with Gasteiger partial charge in [-0.15, -0.1) is 11.6 Å². The second-order valence-electron chi connectivity index (χ2n) is 3.28. The number of hydrogen-bond donors (Lipinski definition) is 1. The van der Waals surface area contributed by atoms with Gasteiger partial charge < -0.3 is 9.59 Å². The maximum absolute atomic E-state index is 9.05. The second kappa shape index (κ2) is 3.40. The van der Waals surface area contributed by atoms with Gasteiger partial charge in [-0.3, -0.25) is 0 Å². The molecule has 3 heteroatoms. The molecule has 0 aliphatic rings. The smallest absolute Gasteiger partial charge is 0.116 e. The fourth-order valence-electron chi connectivity index (χ4n) is 0.681. The molecular weight excluding hydrogens is 138 g/mol. The van der Waals surface area contributed by atoms with E-state index in [4.69, 9.17) is 16.7 Å². The van der Waals surface area contributed by atoms with Crippen LogP contribution in [0.3, 0.4) is 0 Å². The fraction of sp³-hybridized carbons (Fsp3) is 1.00. The third-order valence-electron chi connectivity index (χ3n) is 0.937. The lowest BCUT2D eigenvalue weighted by atomic mass is 10.3. The summed E-state index contributed by atoms with van der Waals surface area (Å²) in [6.07, 6.45) is -0.369. The molecule has 56 valence electrons. The van der Waals surface area contributed by atoms with Crippen molar-refractivity contribution in [3.63, 3.8) is 0 Å². The molecule has 0 amide bonds. The quantitative estimate of drug-likeness (QED) is 0.456. The number of likely N-dealkylation sites (N-methyl/N-ethyl adjacent to an activating group) is 1. The van der Waals surface area contributed by atoms with Crippen molar-refractivity contribution in [2.75, 3.05) is 33.6 Å². The Balaban J connectivity index is 3.47. The van der Waals surface area contributed by atoms with Gasteiger partial charge in [0, 0.05) is 0 Å². The maximum atomic E-state index is 9.05. The van der Waals surface area contributed by atoms with Crippen LogP contribution in [0.2, 0.25) is 0 Å². The van der Waals surface area contributed by atoms with Crippen LogP contribution in [0.4, 0.5) is 0 Å². The molecule has 0 aromatic heterocycles. The molecule has 9 heavy (non-hydrogen) atoms. The molecular formula is C6H15ClNO+. The van der Waals surface area contributed by atoms with Crippen molar-refractivity contribution >= 4 is 11.6 Å². The van der Waals surface area contributed by atoms with Crippen LogP contribution in [0.1, 0.15) is 0 Å². The van der Waals surface area contributed by atoms with E-state index in [2.05, 4.69) is 0 Å². The Kier molecular flexibility index (Phi) is 3.48. The van der Waals surface area contributed by atoms with Gasteiger partial charge in [0.1, 0.15) is 12.6 Å². The molecule has 0 rings (SSSR count). The molecule has 0 saturated carbocycles. The summed E-state index contributed by atoms with van der Waals surface area (Å²) in [4.78, 5) is 0. The van der Waals surface area contributed by atoms with Crippen LogP contribution in [-0.4, -0.2) is 49.3 Å². The third kappa shape index (κ3) is 6.09. The van der Waals surface area contributed by atoms with E-state index < -0.39 is 0 Å². The molecule has 1 atom stereocenters. The van der Waals surface area contributed by atoms with Crippen molar-refractivity contribution in [1.29, 1.82) is 0 Å². The molecule has 0 fully saturated rings. The topological polar surface area (TPSA) is 20.2 Å². The van der Waals surface area contributed by atoms with E-state index in [0.717, 1.165) is 4.48 Å². The number of halogens is 1. The summed E-state index contributed by atoms with van der Waals surface area (Å²) in [6, 6.07) is 0. The summed E-state index contributed by atoms with van der Waals surface area (Å²) in [5.74, 6) is 0.329. The summed E-state index contributed by atoms with van der Waals surface area (Å²) in [6.45, 7) is 0.712. The predicted octanol–water partition coefficient (Wildman–Crippen LogP) is 0.292. The molecule has 1 N–H and O–H groups in total. The molecule has 0 spiro atoms. The van der Waals surface area contributed by atoms with Gasteiger partial charge in [-0.1, -0.05) is 0 Å². The SMILES string of the molecule is C[N+](C)(C)C[C@H](O)CCl. The van der Waals surface area contributed by atoms with Crippen molar-refractivity contribution in [1.82, 2.24) is 0 Å². The Morgan fingerprint density at radius 2 is 1.89 bits per heavy atom. The summed E-state index contributed by atoms with van der Waals surface area (Å²) in [7, 11) is 6.07. The van der Waals surface area contributed by atoms with Crippen LogP contribution in [0.5, 0.6) is 0 Å². The zero-order chi connectivity index (χ0) is 7.49. The van der Waals surface area contributed by atoms with Gasteiger partial charge in [-0.05, 0) is 0 Å². The first-order valence-corrected chi connectivity index (χ1v) is 3.53. The minimum absolute atomic E-state index is 0.329. The number of alkyl halides is 1. The lowest BCUT2D eigenvalue weighted by molar-refractivity contribution is -0.873. The second-order valence-corrected chi connectivity index (χ2v) is 3.59. The Morgan fingerprint density at radius 3 is 2.00 bits per heavy atom. The normalized spacial score (nSPS) is 15.7. The standard InChI is InChI=1S/C6H15ClNO/c1-8(2,3)5-6(9)4-7/h6,9H,4-5H2,1-3H3/q+1/t6-/m1/s1. The van der Waals surface area contributed by atoms with Gasteiger partial charge in [0.15, 0.2) is 0 Å². The van der Waals surface area contributed by atoms with E-state index in [0.29, 0.717) is 12.4 Å². The lowest BCUT2D eigenvalue weighted by Gasteiger charge is -2.25. The lowest BCUT2D eigenvalue weighted by Crippen LogP contribution is -2.41. The summed E-state index contributed by atoms with van der Waals surface area (Å²) >= 11 is 5.40. The molecule has 0 unspecified atom stereocenters. The zero-order valence-corrected chi connectivity index (χ0v) is 7.02. The van der Waals surface area contributed by atoms with Crippen LogP contribution in [-0.2, 0) is 0 Å². The van der Waals surface area contributed by atoms with Crippen LogP contribution in [0, 0.1) is 0 Å². The van der Waals surface area contributed by atoms with Gasteiger partial charge in [0.25, 0.3) is 0 Å². The van der Waals surface area contributed by atoms with Gasteiger partial charge >= 0.3 is 0 Å². The molecule has 0 aliphatic heterocycles. The number of quaternary nitrogens is 1. The Hall–Kier alpha value is 0.210. The monoisotopic (exact) mass is 152 g/mol. The molecule has 0 radical (unpaired) electrons. The molecule has 0 aliphatic carbocycles. The van der Waals surface area contributed by atoms with Crippen LogP contribution in [0.25, 0.3) is 0 Å². The van der Waals surface area contributed by atoms with E-state index in [9.17, 15) is 0 Å². The van der Waals surface area contributed by atoms with Crippen molar-refractivity contribution < 1.29 is 9.59 Å². The Morgan fingerprint density at radius 1 is 1.44 bits per heavy atom. The van der Waals surface area contributed by atoms with Gasteiger partial charge in [0.05, 0.1) is 27.0 Å². The molecule has 0 aromatic carbocycles. The average molecular weight is 153 g/mol. The first-order valence-electron chi connectivity index (χ1n) is 3.00. The first-order chi connectivity index (χ1) is 3.95. The zero-order valence-electron chi connectivity index (χ0n) is 6.26. The highest BCUT2D eigenvalue weighted by molar-refractivity contribution is 6.18. The van der Waals surface area contributed by atoms with E-state index >= 15 is 0 Å². The van der Waals surface area contributed by atoms with Gasteiger partial charge in [-0.2, -0.15) is 0 Å². The highest BCUT2D eigenvalue weighted by atomic mass is 35.5. The number of nitrogens with zero attached hydrogens (tertiary/aromatic N) is 1. The van der Waals surface area contributed by atoms with E-state index in [1.54, 1.807) is 0 Å². The maximum Gasteiger partial charge on any atom is 0.116 e. The third-order valence-corrected chi connectivity index (χ3v) is 1.29. The van der Waals surface area contributed by atoms with Crippen molar-refractivity contribution in [3.05, 3.63) is 0 Å². The van der Waals surface area contributed by atoms with Gasteiger partial charge in [0.2, 0.25) is 0 Å². The Labute approximate surface area is 61.6 Å². The largest absolute Gasteiger partial charge is 0.386 e. The minimum atomic E-state index is -0.369. The van der Waals surface area contributed by atoms with Crippen LogP contribution >= 0.6 is 11.6 Å². The predicted molar refractivity (Wildman–Crippen MR) is 39.6 cm³/mol. The highest BCUT2D eigenvalue weighted by Gasteiger charge is 2.13. The molecule has 0 aromatic rings. The van der Waals surface area contributed by atoms with Crippen LogP contribution in [0.15, 0.2) is 0 Å². The summed E-state index contributed by atoms with van der Waals surface area (Å²) in [5, 5.41) is 9.05. The summed E-state index contributed by atoms with van der Waals surface area (Å²) in [5.41, 5.74) is 0. The Bertz CT molecular complexity index is 79.6. The number of rotatable bonds is 3. The minimum Gasteiger partial charge on any atom is -0.386 e. The van der Waals surface area contributed by atoms with Crippen LogP contribution < -0.4 is 0 Å². The number of aliphatic hydroxyl groups is 1. The number of hydrogen-bond acceptors (Lipinski definition) is 1.